The normalized spacial score (nSPS) is 9.87. The van der Waals surface area contributed by atoms with Crippen molar-refractivity contribution >= 4 is 28.7 Å². The van der Waals surface area contributed by atoms with E-state index in [-0.39, 0.29) is 5.69 Å². The van der Waals surface area contributed by atoms with Gasteiger partial charge in [-0.25, -0.2) is 0 Å². The number of nitro groups is 1. The van der Waals surface area contributed by atoms with Gasteiger partial charge in [-0.15, -0.1) is 0 Å². The highest BCUT2D eigenvalue weighted by atomic mass is 32.1. The number of hydrogen-bond acceptors (Lipinski definition) is 5. The number of nitro benzene ring substituents is 1. The first kappa shape index (κ1) is 16.5. The second kappa shape index (κ2) is 7.91. The van der Waals surface area contributed by atoms with Gasteiger partial charge in [0.2, 0.25) is 0 Å². The van der Waals surface area contributed by atoms with Gasteiger partial charge in [0.05, 0.1) is 30.2 Å². The maximum absolute atomic E-state index is 10.6. The fourth-order valence-corrected chi connectivity index (χ4v) is 2.17. The highest BCUT2D eigenvalue weighted by molar-refractivity contribution is 7.80. The summed E-state index contributed by atoms with van der Waals surface area (Å²) < 4.78 is 5.30. The summed E-state index contributed by atoms with van der Waals surface area (Å²) in [5.41, 5.74) is 0.653. The average molecular weight is 330 g/mol. The lowest BCUT2D eigenvalue weighted by atomic mass is 10.3. The minimum Gasteiger partial charge on any atom is -0.467 e. The Morgan fingerprint density at radius 3 is 2.70 bits per heavy atom. The molecule has 0 saturated carbocycles. The zero-order valence-electron chi connectivity index (χ0n) is 12.1. The van der Waals surface area contributed by atoms with E-state index in [0.29, 0.717) is 30.3 Å². The van der Waals surface area contributed by atoms with Crippen LogP contribution in [-0.4, -0.2) is 21.5 Å². The van der Waals surface area contributed by atoms with Gasteiger partial charge >= 0.3 is 0 Å². The zero-order chi connectivity index (χ0) is 16.7. The number of nitrogens with one attached hydrogen (secondary N) is 1. The Hall–Kier alpha value is -2.92. The fraction of sp³-hybridized carbons (Fsp3) is 0.200. The Bertz CT molecular complexity index is 707. The Kier molecular flexibility index (Phi) is 5.66. The second-order valence-electron chi connectivity index (χ2n) is 4.64. The number of anilines is 1. The lowest BCUT2D eigenvalue weighted by Gasteiger charge is -2.24. The first-order chi connectivity index (χ1) is 11.1. The molecule has 0 aliphatic carbocycles. The van der Waals surface area contributed by atoms with Crippen molar-refractivity contribution in [2.75, 3.05) is 11.9 Å². The molecule has 2 rings (SSSR count). The summed E-state index contributed by atoms with van der Waals surface area (Å²) in [6, 6.07) is 11.7. The van der Waals surface area contributed by atoms with Crippen molar-refractivity contribution in [3.05, 3.63) is 58.5 Å². The number of hydrogen-bond donors (Lipinski definition) is 1. The standard InChI is InChI=1S/C15H14N4O3S/c16-8-2-9-18(11-14-3-1-10-22-14)15(23)17-12-4-6-13(7-5-12)19(20)21/h1,3-7,10H,2,9,11H2,(H,17,23). The monoisotopic (exact) mass is 330 g/mol. The maximum atomic E-state index is 10.6. The van der Waals surface area contributed by atoms with Crippen LogP contribution in [0.25, 0.3) is 0 Å². The summed E-state index contributed by atoms with van der Waals surface area (Å²) in [6.45, 7) is 0.892. The molecule has 118 valence electrons. The molecular formula is C15H14N4O3S. The lowest BCUT2D eigenvalue weighted by Crippen LogP contribution is -2.34. The van der Waals surface area contributed by atoms with Gasteiger partial charge in [-0.2, -0.15) is 5.26 Å². The molecule has 0 radical (unpaired) electrons. The second-order valence-corrected chi connectivity index (χ2v) is 5.03. The van der Waals surface area contributed by atoms with Gasteiger partial charge in [0, 0.05) is 24.4 Å². The Labute approximate surface area is 138 Å². The van der Waals surface area contributed by atoms with Crippen molar-refractivity contribution in [1.29, 1.82) is 5.26 Å². The molecule has 1 aromatic heterocycles. The van der Waals surface area contributed by atoms with Crippen LogP contribution in [0, 0.1) is 21.4 Å². The summed E-state index contributed by atoms with van der Waals surface area (Å²) in [7, 11) is 0. The molecule has 0 amide bonds. The molecular weight excluding hydrogens is 316 g/mol. The van der Waals surface area contributed by atoms with Crippen LogP contribution in [0.15, 0.2) is 47.1 Å². The number of benzene rings is 1. The summed E-state index contributed by atoms with van der Waals surface area (Å²) in [6.07, 6.45) is 1.90. The van der Waals surface area contributed by atoms with Gasteiger partial charge in [0.15, 0.2) is 5.11 Å². The molecule has 0 unspecified atom stereocenters. The van der Waals surface area contributed by atoms with Crippen LogP contribution in [0.3, 0.4) is 0 Å². The molecule has 23 heavy (non-hydrogen) atoms. The Balaban J connectivity index is 2.04. The van der Waals surface area contributed by atoms with Crippen LogP contribution < -0.4 is 5.32 Å². The number of nitrogens with zero attached hydrogens (tertiary/aromatic N) is 3. The highest BCUT2D eigenvalue weighted by Gasteiger charge is 2.12. The van der Waals surface area contributed by atoms with Crippen LogP contribution in [0.4, 0.5) is 11.4 Å². The molecule has 0 bridgehead atoms. The van der Waals surface area contributed by atoms with Gasteiger partial charge in [-0.3, -0.25) is 10.1 Å². The summed E-state index contributed by atoms with van der Waals surface area (Å²) in [5.74, 6) is 0.732. The van der Waals surface area contributed by atoms with E-state index in [9.17, 15) is 10.1 Å². The maximum Gasteiger partial charge on any atom is 0.269 e. The van der Waals surface area contributed by atoms with Crippen LogP contribution in [0.1, 0.15) is 12.2 Å². The summed E-state index contributed by atoms with van der Waals surface area (Å²) in [5, 5.41) is 22.9. The number of furan rings is 1. The molecule has 0 saturated heterocycles. The average Bonchev–Trinajstić information content (AvgIpc) is 3.05. The molecule has 1 N–H and O–H groups in total. The number of nitriles is 1. The molecule has 0 fully saturated rings. The van der Waals surface area contributed by atoms with E-state index in [1.165, 1.54) is 12.1 Å². The van der Waals surface area contributed by atoms with Gasteiger partial charge < -0.3 is 14.6 Å². The van der Waals surface area contributed by atoms with Crippen molar-refractivity contribution in [3.63, 3.8) is 0 Å². The highest BCUT2D eigenvalue weighted by Crippen LogP contribution is 2.16. The van der Waals surface area contributed by atoms with E-state index in [0.717, 1.165) is 5.76 Å². The molecule has 0 aliphatic heterocycles. The van der Waals surface area contributed by atoms with Crippen molar-refractivity contribution in [3.8, 4) is 6.07 Å². The van der Waals surface area contributed by atoms with Gasteiger partial charge in [-0.05, 0) is 36.5 Å². The Morgan fingerprint density at radius 2 is 2.13 bits per heavy atom. The predicted molar refractivity (Wildman–Crippen MR) is 88.7 cm³/mol. The SMILES string of the molecule is N#CCCN(Cc1ccco1)C(=S)Nc1ccc([N+](=O)[O-])cc1. The largest absolute Gasteiger partial charge is 0.467 e. The lowest BCUT2D eigenvalue weighted by molar-refractivity contribution is -0.384. The smallest absolute Gasteiger partial charge is 0.269 e. The van der Waals surface area contributed by atoms with E-state index in [2.05, 4.69) is 11.4 Å². The van der Waals surface area contributed by atoms with Crippen LogP contribution in [0.5, 0.6) is 0 Å². The minimum absolute atomic E-state index is 0.0124. The molecule has 7 nitrogen and oxygen atoms in total. The molecule has 1 aromatic carbocycles. The third-order valence-electron chi connectivity index (χ3n) is 3.04. The molecule has 1 heterocycles. The summed E-state index contributed by atoms with van der Waals surface area (Å²) >= 11 is 5.36. The van der Waals surface area contributed by atoms with Gasteiger partial charge in [0.25, 0.3) is 5.69 Å². The van der Waals surface area contributed by atoms with Crippen molar-refractivity contribution < 1.29 is 9.34 Å². The Morgan fingerprint density at radius 1 is 1.39 bits per heavy atom. The van der Waals surface area contributed by atoms with E-state index in [1.807, 2.05) is 6.07 Å². The first-order valence-corrected chi connectivity index (χ1v) is 7.20. The third kappa shape index (κ3) is 4.79. The zero-order valence-corrected chi connectivity index (χ0v) is 13.0. The molecule has 0 atom stereocenters. The molecule has 8 heteroatoms. The van der Waals surface area contributed by atoms with Crippen molar-refractivity contribution in [1.82, 2.24) is 4.90 Å². The summed E-state index contributed by atoms with van der Waals surface area (Å²) in [4.78, 5) is 12.0. The number of thiocarbonyl (C=S) groups is 1. The van der Waals surface area contributed by atoms with Gasteiger partial charge in [0.1, 0.15) is 5.76 Å². The van der Waals surface area contributed by atoms with Crippen LogP contribution in [0.2, 0.25) is 0 Å². The first-order valence-electron chi connectivity index (χ1n) is 6.80. The molecule has 0 spiro atoms. The van der Waals surface area contributed by atoms with Crippen molar-refractivity contribution in [2.45, 2.75) is 13.0 Å². The van der Waals surface area contributed by atoms with E-state index in [1.54, 1.807) is 29.4 Å². The number of non-ortho nitro benzene ring substituents is 1. The minimum atomic E-state index is -0.460. The van der Waals surface area contributed by atoms with E-state index >= 15 is 0 Å². The number of rotatable bonds is 6. The predicted octanol–water partition coefficient (Wildman–Crippen LogP) is 3.30. The fourth-order valence-electron chi connectivity index (χ4n) is 1.90. The van der Waals surface area contributed by atoms with E-state index in [4.69, 9.17) is 21.9 Å². The van der Waals surface area contributed by atoms with E-state index < -0.39 is 4.92 Å². The van der Waals surface area contributed by atoms with Crippen LogP contribution in [-0.2, 0) is 6.54 Å². The van der Waals surface area contributed by atoms with Crippen molar-refractivity contribution in [2.24, 2.45) is 0 Å². The third-order valence-corrected chi connectivity index (χ3v) is 3.40. The topological polar surface area (TPSA) is 95.3 Å². The van der Waals surface area contributed by atoms with Crippen LogP contribution >= 0.6 is 12.2 Å². The molecule has 0 aliphatic rings. The quantitative estimate of drug-likeness (QED) is 0.493. The molecule has 2 aromatic rings. The van der Waals surface area contributed by atoms with Gasteiger partial charge in [-0.1, -0.05) is 0 Å².